The minimum Gasteiger partial charge on any atom is -0.496 e. The Morgan fingerprint density at radius 3 is 2.59 bits per heavy atom. The predicted octanol–water partition coefficient (Wildman–Crippen LogP) is 2.09. The zero-order valence-corrected chi connectivity index (χ0v) is 11.4. The number of hydrogen-bond acceptors (Lipinski definition) is 3. The maximum atomic E-state index is 5.52. The molecule has 96 valence electrons. The molecule has 0 heterocycles. The van der Waals surface area contributed by atoms with Crippen molar-refractivity contribution in [2.45, 2.75) is 26.8 Å². The Hall–Kier alpha value is -1.06. The molecule has 0 aliphatic heterocycles. The van der Waals surface area contributed by atoms with Gasteiger partial charge in [-0.05, 0) is 46.0 Å². The number of rotatable bonds is 6. The highest BCUT2D eigenvalue weighted by atomic mass is 16.5. The lowest BCUT2D eigenvalue weighted by Gasteiger charge is -2.19. The maximum absolute atomic E-state index is 5.52. The van der Waals surface area contributed by atoms with Crippen LogP contribution >= 0.6 is 0 Å². The molecule has 0 bridgehead atoms. The Morgan fingerprint density at radius 1 is 1.29 bits per heavy atom. The lowest BCUT2D eigenvalue weighted by Crippen LogP contribution is -2.21. The van der Waals surface area contributed by atoms with Crippen molar-refractivity contribution in [3.8, 4) is 5.75 Å². The first kappa shape index (κ1) is 14.0. The minimum atomic E-state index is 0.744. The van der Waals surface area contributed by atoms with Gasteiger partial charge in [-0.3, -0.25) is 0 Å². The second-order valence-electron chi connectivity index (χ2n) is 4.65. The highest BCUT2D eigenvalue weighted by molar-refractivity contribution is 5.43. The molecule has 0 amide bonds. The predicted molar refractivity (Wildman–Crippen MR) is 72.5 cm³/mol. The van der Waals surface area contributed by atoms with E-state index in [0.29, 0.717) is 0 Å². The molecule has 1 aromatic carbocycles. The third-order valence-electron chi connectivity index (χ3n) is 2.88. The molecular formula is C14H24N2O. The lowest BCUT2D eigenvalue weighted by atomic mass is 10.1. The van der Waals surface area contributed by atoms with Gasteiger partial charge >= 0.3 is 0 Å². The summed E-state index contributed by atoms with van der Waals surface area (Å²) in [5, 5.41) is 0. The van der Waals surface area contributed by atoms with Gasteiger partial charge in [-0.25, -0.2) is 0 Å². The Morgan fingerprint density at radius 2 is 2.00 bits per heavy atom. The van der Waals surface area contributed by atoms with E-state index in [0.717, 1.165) is 31.8 Å². The summed E-state index contributed by atoms with van der Waals surface area (Å²) in [6.45, 7) is 6.89. The lowest BCUT2D eigenvalue weighted by molar-refractivity contribution is 0.314. The Labute approximate surface area is 105 Å². The van der Waals surface area contributed by atoms with Crippen LogP contribution in [0.15, 0.2) is 12.1 Å². The summed E-state index contributed by atoms with van der Waals surface area (Å²) in [4.78, 5) is 2.28. The molecule has 0 fully saturated rings. The van der Waals surface area contributed by atoms with Gasteiger partial charge in [0.25, 0.3) is 0 Å². The smallest absolute Gasteiger partial charge is 0.126 e. The van der Waals surface area contributed by atoms with Gasteiger partial charge in [0.15, 0.2) is 0 Å². The van der Waals surface area contributed by atoms with Gasteiger partial charge < -0.3 is 15.4 Å². The molecule has 2 N–H and O–H groups in total. The molecule has 1 aromatic rings. The van der Waals surface area contributed by atoms with Crippen molar-refractivity contribution in [1.82, 2.24) is 4.90 Å². The Kier molecular flexibility index (Phi) is 5.45. The van der Waals surface area contributed by atoms with Crippen LogP contribution in [0.2, 0.25) is 0 Å². The number of aryl methyl sites for hydroxylation is 2. The highest BCUT2D eigenvalue weighted by Crippen LogP contribution is 2.25. The van der Waals surface area contributed by atoms with Crippen molar-refractivity contribution < 1.29 is 4.74 Å². The summed E-state index contributed by atoms with van der Waals surface area (Å²) < 4.78 is 5.49. The average Bonchev–Trinajstić information content (AvgIpc) is 2.25. The van der Waals surface area contributed by atoms with E-state index < -0.39 is 0 Å². The summed E-state index contributed by atoms with van der Waals surface area (Å²) in [7, 11) is 3.85. The van der Waals surface area contributed by atoms with E-state index in [4.69, 9.17) is 10.5 Å². The number of methoxy groups -OCH3 is 1. The van der Waals surface area contributed by atoms with Crippen LogP contribution in [0, 0.1) is 13.8 Å². The molecule has 3 heteroatoms. The van der Waals surface area contributed by atoms with E-state index in [1.807, 2.05) is 0 Å². The average molecular weight is 236 g/mol. The normalized spacial score (nSPS) is 10.9. The topological polar surface area (TPSA) is 38.5 Å². The number of nitrogens with two attached hydrogens (primary N) is 1. The van der Waals surface area contributed by atoms with E-state index in [9.17, 15) is 0 Å². The van der Waals surface area contributed by atoms with E-state index >= 15 is 0 Å². The minimum absolute atomic E-state index is 0.744. The van der Waals surface area contributed by atoms with Gasteiger partial charge in [-0.15, -0.1) is 0 Å². The van der Waals surface area contributed by atoms with Crippen LogP contribution < -0.4 is 10.5 Å². The summed E-state index contributed by atoms with van der Waals surface area (Å²) in [6.07, 6.45) is 1.03. The highest BCUT2D eigenvalue weighted by Gasteiger charge is 2.09. The molecule has 0 aliphatic rings. The fourth-order valence-corrected chi connectivity index (χ4v) is 2.18. The molecule has 17 heavy (non-hydrogen) atoms. The summed E-state index contributed by atoms with van der Waals surface area (Å²) in [6, 6.07) is 4.35. The second kappa shape index (κ2) is 6.62. The van der Waals surface area contributed by atoms with Crippen molar-refractivity contribution in [2.75, 3.05) is 27.2 Å². The molecule has 0 aliphatic carbocycles. The van der Waals surface area contributed by atoms with E-state index in [1.165, 1.54) is 16.7 Å². The Bertz CT molecular complexity index is 363. The fraction of sp³-hybridized carbons (Fsp3) is 0.571. The quantitative estimate of drug-likeness (QED) is 0.822. The van der Waals surface area contributed by atoms with Crippen LogP contribution in [-0.4, -0.2) is 32.1 Å². The van der Waals surface area contributed by atoms with E-state index in [-0.39, 0.29) is 0 Å². The van der Waals surface area contributed by atoms with E-state index in [1.54, 1.807) is 7.11 Å². The van der Waals surface area contributed by atoms with Crippen LogP contribution in [0.4, 0.5) is 0 Å². The van der Waals surface area contributed by atoms with Crippen LogP contribution in [-0.2, 0) is 6.54 Å². The number of hydrogen-bond donors (Lipinski definition) is 1. The molecule has 0 radical (unpaired) electrons. The SMILES string of the molecule is COc1c(C)cc(C)cc1CN(C)CCCN. The van der Waals surface area contributed by atoms with Gasteiger partial charge in [0, 0.05) is 12.1 Å². The first-order chi connectivity index (χ1) is 8.08. The van der Waals surface area contributed by atoms with Gasteiger partial charge in [-0.2, -0.15) is 0 Å². The number of benzene rings is 1. The van der Waals surface area contributed by atoms with Gasteiger partial charge in [-0.1, -0.05) is 17.7 Å². The molecule has 0 aromatic heterocycles. The molecule has 3 nitrogen and oxygen atoms in total. The third kappa shape index (κ3) is 4.02. The number of ether oxygens (including phenoxy) is 1. The van der Waals surface area contributed by atoms with Crippen molar-refractivity contribution in [1.29, 1.82) is 0 Å². The largest absolute Gasteiger partial charge is 0.496 e. The van der Waals surface area contributed by atoms with E-state index in [2.05, 4.69) is 37.9 Å². The molecule has 0 spiro atoms. The zero-order chi connectivity index (χ0) is 12.8. The first-order valence-electron chi connectivity index (χ1n) is 6.11. The van der Waals surface area contributed by atoms with Crippen molar-refractivity contribution in [3.63, 3.8) is 0 Å². The zero-order valence-electron chi connectivity index (χ0n) is 11.4. The van der Waals surface area contributed by atoms with Crippen LogP contribution in [0.25, 0.3) is 0 Å². The van der Waals surface area contributed by atoms with Gasteiger partial charge in [0.05, 0.1) is 7.11 Å². The van der Waals surface area contributed by atoms with Crippen molar-refractivity contribution >= 4 is 0 Å². The standard InChI is InChI=1S/C14H24N2O/c1-11-8-12(2)14(17-4)13(9-11)10-16(3)7-5-6-15/h8-9H,5-7,10,15H2,1-4H3. The Balaban J connectivity index is 2.81. The summed E-state index contributed by atoms with van der Waals surface area (Å²) >= 11 is 0. The molecule has 0 atom stereocenters. The fourth-order valence-electron chi connectivity index (χ4n) is 2.18. The molecule has 0 saturated carbocycles. The van der Waals surface area contributed by atoms with Gasteiger partial charge in [0.1, 0.15) is 5.75 Å². The first-order valence-corrected chi connectivity index (χ1v) is 6.11. The van der Waals surface area contributed by atoms with Crippen molar-refractivity contribution in [3.05, 3.63) is 28.8 Å². The van der Waals surface area contributed by atoms with Crippen molar-refractivity contribution in [2.24, 2.45) is 5.73 Å². The summed E-state index contributed by atoms with van der Waals surface area (Å²) in [5.41, 5.74) is 9.26. The van der Waals surface area contributed by atoms with Crippen LogP contribution in [0.1, 0.15) is 23.1 Å². The molecule has 0 saturated heterocycles. The second-order valence-corrected chi connectivity index (χ2v) is 4.65. The third-order valence-corrected chi connectivity index (χ3v) is 2.88. The monoisotopic (exact) mass is 236 g/mol. The maximum Gasteiger partial charge on any atom is 0.126 e. The van der Waals surface area contributed by atoms with Gasteiger partial charge in [0.2, 0.25) is 0 Å². The summed E-state index contributed by atoms with van der Waals surface area (Å²) in [5.74, 6) is 1.01. The van der Waals surface area contributed by atoms with Crippen LogP contribution in [0.5, 0.6) is 5.75 Å². The number of nitrogens with zero attached hydrogens (tertiary/aromatic N) is 1. The van der Waals surface area contributed by atoms with Crippen LogP contribution in [0.3, 0.4) is 0 Å². The molecule has 1 rings (SSSR count). The molecule has 0 unspecified atom stereocenters. The molecular weight excluding hydrogens is 212 g/mol.